The minimum absolute atomic E-state index is 0.513. The van der Waals surface area contributed by atoms with Gasteiger partial charge in [0.2, 0.25) is 0 Å². The second-order valence-electron chi connectivity index (χ2n) is 2.76. The van der Waals surface area contributed by atoms with E-state index in [0.29, 0.717) is 11.4 Å². The molecule has 66 valence electrons. The number of fused-ring (bicyclic) bond motifs is 1. The lowest BCUT2D eigenvalue weighted by atomic mass is 10.2. The third kappa shape index (κ3) is 1.23. The quantitative estimate of drug-likeness (QED) is 0.739. The molecule has 2 aromatic rings. The highest BCUT2D eigenvalue weighted by Crippen LogP contribution is 2.30. The molecule has 2 rings (SSSR count). The van der Waals surface area contributed by atoms with Crippen molar-refractivity contribution >= 4 is 38.2 Å². The van der Waals surface area contributed by atoms with Gasteiger partial charge in [0, 0.05) is 9.86 Å². The highest BCUT2D eigenvalue weighted by molar-refractivity contribution is 9.10. The predicted molar refractivity (Wildman–Crippen MR) is 58.3 cm³/mol. The van der Waals surface area contributed by atoms with E-state index in [2.05, 4.69) is 20.9 Å². The van der Waals surface area contributed by atoms with E-state index in [1.807, 2.05) is 18.2 Å². The van der Waals surface area contributed by atoms with E-state index in [4.69, 9.17) is 11.5 Å². The Bertz CT molecular complexity index is 468. The molecule has 0 aliphatic rings. The molecule has 0 unspecified atom stereocenters. The van der Waals surface area contributed by atoms with Crippen molar-refractivity contribution in [3.05, 3.63) is 28.9 Å². The summed E-state index contributed by atoms with van der Waals surface area (Å²) in [6.07, 6.45) is 1.57. The van der Waals surface area contributed by atoms with Crippen molar-refractivity contribution in [1.82, 2.24) is 4.98 Å². The number of nitrogen functional groups attached to an aromatic ring is 2. The lowest BCUT2D eigenvalue weighted by Gasteiger charge is -2.05. The number of halogens is 1. The van der Waals surface area contributed by atoms with Gasteiger partial charge in [-0.3, -0.25) is 4.98 Å². The van der Waals surface area contributed by atoms with Crippen LogP contribution in [-0.2, 0) is 0 Å². The van der Waals surface area contributed by atoms with Gasteiger partial charge >= 0.3 is 0 Å². The number of benzene rings is 1. The molecule has 0 saturated carbocycles. The molecule has 0 saturated heterocycles. The van der Waals surface area contributed by atoms with Crippen molar-refractivity contribution in [3.8, 4) is 0 Å². The van der Waals surface area contributed by atoms with Crippen LogP contribution in [0.5, 0.6) is 0 Å². The van der Waals surface area contributed by atoms with Gasteiger partial charge < -0.3 is 11.5 Å². The first kappa shape index (κ1) is 8.31. The zero-order valence-electron chi connectivity index (χ0n) is 6.79. The fourth-order valence-corrected chi connectivity index (χ4v) is 1.81. The van der Waals surface area contributed by atoms with Crippen molar-refractivity contribution in [2.75, 3.05) is 11.5 Å². The molecular weight excluding hydrogens is 230 g/mol. The molecule has 0 radical (unpaired) electrons. The van der Waals surface area contributed by atoms with Crippen LogP contribution in [0.4, 0.5) is 11.4 Å². The molecule has 0 fully saturated rings. The van der Waals surface area contributed by atoms with Gasteiger partial charge in [-0.15, -0.1) is 0 Å². The maximum Gasteiger partial charge on any atom is 0.0741 e. The fraction of sp³-hybridized carbons (Fsp3) is 0. The first-order valence-electron chi connectivity index (χ1n) is 3.78. The highest BCUT2D eigenvalue weighted by atomic mass is 79.9. The molecule has 13 heavy (non-hydrogen) atoms. The molecule has 1 aromatic carbocycles. The number of anilines is 2. The summed E-state index contributed by atoms with van der Waals surface area (Å²) in [5.41, 5.74) is 13.4. The summed E-state index contributed by atoms with van der Waals surface area (Å²) in [5.74, 6) is 0. The standard InChI is InChI=1S/C9H8BrN3/c10-5-2-1-3-7-8(5)9(12)6(11)4-13-7/h1-4H,11H2,(H2,12,13). The number of nitrogens with two attached hydrogens (primary N) is 2. The second-order valence-corrected chi connectivity index (χ2v) is 3.62. The Morgan fingerprint density at radius 3 is 2.77 bits per heavy atom. The minimum atomic E-state index is 0.513. The molecule has 0 aliphatic heterocycles. The maximum atomic E-state index is 5.82. The van der Waals surface area contributed by atoms with Gasteiger partial charge in [0.15, 0.2) is 0 Å². The largest absolute Gasteiger partial charge is 0.396 e. The summed E-state index contributed by atoms with van der Waals surface area (Å²) in [7, 11) is 0. The second kappa shape index (κ2) is 2.88. The van der Waals surface area contributed by atoms with Crippen LogP contribution in [-0.4, -0.2) is 4.98 Å². The summed E-state index contributed by atoms with van der Waals surface area (Å²) in [4.78, 5) is 4.17. The molecule has 0 atom stereocenters. The van der Waals surface area contributed by atoms with E-state index in [0.717, 1.165) is 15.4 Å². The Balaban J connectivity index is 2.97. The van der Waals surface area contributed by atoms with Crippen molar-refractivity contribution < 1.29 is 0 Å². The minimum Gasteiger partial charge on any atom is -0.396 e. The van der Waals surface area contributed by atoms with E-state index in [9.17, 15) is 0 Å². The molecule has 1 aromatic heterocycles. The Labute approximate surface area is 83.9 Å². The molecular formula is C9H8BrN3. The zero-order chi connectivity index (χ0) is 9.42. The van der Waals surface area contributed by atoms with Crippen molar-refractivity contribution in [2.45, 2.75) is 0 Å². The predicted octanol–water partition coefficient (Wildman–Crippen LogP) is 2.16. The number of hydrogen-bond donors (Lipinski definition) is 2. The third-order valence-electron chi connectivity index (χ3n) is 1.91. The van der Waals surface area contributed by atoms with Crippen LogP contribution in [0.25, 0.3) is 10.9 Å². The Kier molecular flexibility index (Phi) is 1.84. The fourth-order valence-electron chi connectivity index (χ4n) is 1.24. The van der Waals surface area contributed by atoms with Crippen LogP contribution >= 0.6 is 15.9 Å². The van der Waals surface area contributed by atoms with Crippen molar-refractivity contribution in [1.29, 1.82) is 0 Å². The van der Waals surface area contributed by atoms with E-state index >= 15 is 0 Å². The first-order valence-corrected chi connectivity index (χ1v) is 4.57. The number of hydrogen-bond acceptors (Lipinski definition) is 3. The monoisotopic (exact) mass is 237 g/mol. The van der Waals surface area contributed by atoms with Gasteiger partial charge in [-0.2, -0.15) is 0 Å². The number of nitrogens with zero attached hydrogens (tertiary/aromatic N) is 1. The van der Waals surface area contributed by atoms with Gasteiger partial charge in [-0.1, -0.05) is 22.0 Å². The molecule has 0 aliphatic carbocycles. The third-order valence-corrected chi connectivity index (χ3v) is 2.58. The van der Waals surface area contributed by atoms with Crippen LogP contribution < -0.4 is 11.5 Å². The number of rotatable bonds is 0. The SMILES string of the molecule is Nc1cnc2cccc(Br)c2c1N. The average molecular weight is 238 g/mol. The lowest BCUT2D eigenvalue weighted by Crippen LogP contribution is -1.97. The Morgan fingerprint density at radius 2 is 2.00 bits per heavy atom. The highest BCUT2D eigenvalue weighted by Gasteiger charge is 2.05. The van der Waals surface area contributed by atoms with Crippen LogP contribution in [0.2, 0.25) is 0 Å². The van der Waals surface area contributed by atoms with E-state index in [1.165, 1.54) is 0 Å². The van der Waals surface area contributed by atoms with Gasteiger partial charge in [0.25, 0.3) is 0 Å². The van der Waals surface area contributed by atoms with Crippen LogP contribution in [0.3, 0.4) is 0 Å². The topological polar surface area (TPSA) is 64.9 Å². The average Bonchev–Trinajstić information content (AvgIpc) is 2.12. The molecule has 1 heterocycles. The van der Waals surface area contributed by atoms with Crippen molar-refractivity contribution in [2.24, 2.45) is 0 Å². The van der Waals surface area contributed by atoms with E-state index in [-0.39, 0.29) is 0 Å². The lowest BCUT2D eigenvalue weighted by molar-refractivity contribution is 1.41. The van der Waals surface area contributed by atoms with Gasteiger partial charge in [-0.05, 0) is 12.1 Å². The number of aromatic nitrogens is 1. The summed E-state index contributed by atoms with van der Waals surface area (Å²) in [6.45, 7) is 0. The molecule has 4 N–H and O–H groups in total. The van der Waals surface area contributed by atoms with Crippen LogP contribution in [0.15, 0.2) is 28.9 Å². The molecule has 0 bridgehead atoms. The summed E-state index contributed by atoms with van der Waals surface area (Å²) in [6, 6.07) is 5.73. The van der Waals surface area contributed by atoms with Gasteiger partial charge in [0.1, 0.15) is 0 Å². The molecule has 0 amide bonds. The van der Waals surface area contributed by atoms with Gasteiger partial charge in [0.05, 0.1) is 23.1 Å². The molecule has 3 nitrogen and oxygen atoms in total. The van der Waals surface area contributed by atoms with Gasteiger partial charge in [-0.25, -0.2) is 0 Å². The smallest absolute Gasteiger partial charge is 0.0741 e. The maximum absolute atomic E-state index is 5.82. The van der Waals surface area contributed by atoms with E-state index < -0.39 is 0 Å². The van der Waals surface area contributed by atoms with Crippen LogP contribution in [0.1, 0.15) is 0 Å². The normalized spacial score (nSPS) is 10.5. The Morgan fingerprint density at radius 1 is 1.23 bits per heavy atom. The van der Waals surface area contributed by atoms with Crippen molar-refractivity contribution in [3.63, 3.8) is 0 Å². The first-order chi connectivity index (χ1) is 6.20. The zero-order valence-corrected chi connectivity index (χ0v) is 8.38. The summed E-state index contributed by atoms with van der Waals surface area (Å²) in [5, 5.41) is 0.877. The summed E-state index contributed by atoms with van der Waals surface area (Å²) >= 11 is 3.41. The molecule has 0 spiro atoms. The molecule has 4 heteroatoms. The Hall–Kier alpha value is -1.29. The van der Waals surface area contributed by atoms with E-state index in [1.54, 1.807) is 6.20 Å². The van der Waals surface area contributed by atoms with Crippen LogP contribution in [0, 0.1) is 0 Å². The summed E-state index contributed by atoms with van der Waals surface area (Å²) < 4.78 is 0.919. The number of pyridine rings is 1.